The van der Waals surface area contributed by atoms with Crippen LogP contribution < -0.4 is 5.56 Å². The minimum Gasteiger partial charge on any atom is -0.384 e. The third-order valence-electron chi connectivity index (χ3n) is 4.05. The maximum atomic E-state index is 12.5. The lowest BCUT2D eigenvalue weighted by atomic mass is 9.98. The van der Waals surface area contributed by atoms with Gasteiger partial charge in [0, 0.05) is 17.1 Å². The van der Waals surface area contributed by atoms with Crippen molar-refractivity contribution in [2.24, 2.45) is 0 Å². The molecule has 0 fully saturated rings. The molecule has 4 nitrogen and oxygen atoms in total. The van der Waals surface area contributed by atoms with Gasteiger partial charge in [-0.05, 0) is 17.7 Å². The van der Waals surface area contributed by atoms with Crippen LogP contribution in [0.2, 0.25) is 0 Å². The molecular weight excluding hydrogens is 288 g/mol. The number of pyridine rings is 2. The van der Waals surface area contributed by atoms with E-state index in [1.807, 2.05) is 54.6 Å². The minimum absolute atomic E-state index is 0.239. The molecule has 0 radical (unpaired) electrons. The molecule has 1 unspecified atom stereocenters. The first kappa shape index (κ1) is 13.7. The van der Waals surface area contributed by atoms with Gasteiger partial charge in [0.2, 0.25) is 0 Å². The summed E-state index contributed by atoms with van der Waals surface area (Å²) in [4.78, 5) is 19.8. The Morgan fingerprint density at radius 2 is 1.70 bits per heavy atom. The highest BCUT2D eigenvalue weighted by Crippen LogP contribution is 2.28. The number of aliphatic hydroxyl groups is 1. The topological polar surface area (TPSA) is 66.0 Å². The molecule has 112 valence electrons. The van der Waals surface area contributed by atoms with E-state index in [2.05, 4.69) is 9.97 Å². The van der Waals surface area contributed by atoms with Crippen LogP contribution in [-0.4, -0.2) is 15.1 Å². The standard InChI is InChI=1S/C19H14N2O2/c22-18(12-6-2-1-3-7-12)14-10-11-20-17-13-8-4-5-9-15(13)21-19(23)16(14)17/h1-11,18,22H,(H,21,23). The molecule has 0 amide bonds. The molecule has 0 aliphatic carbocycles. The van der Waals surface area contributed by atoms with Crippen molar-refractivity contribution in [2.45, 2.75) is 6.10 Å². The number of nitrogens with zero attached hydrogens (tertiary/aromatic N) is 1. The zero-order valence-electron chi connectivity index (χ0n) is 12.2. The Kier molecular flexibility index (Phi) is 3.17. The maximum Gasteiger partial charge on any atom is 0.258 e. The van der Waals surface area contributed by atoms with E-state index in [1.165, 1.54) is 0 Å². The van der Waals surface area contributed by atoms with E-state index < -0.39 is 6.10 Å². The minimum atomic E-state index is -0.871. The van der Waals surface area contributed by atoms with E-state index in [0.717, 1.165) is 16.5 Å². The molecule has 4 rings (SSSR count). The van der Waals surface area contributed by atoms with Crippen LogP contribution in [0.15, 0.2) is 71.7 Å². The Labute approximate surface area is 132 Å². The van der Waals surface area contributed by atoms with Crippen LogP contribution in [0.5, 0.6) is 0 Å². The molecule has 0 saturated heterocycles. The summed E-state index contributed by atoms with van der Waals surface area (Å²) in [5.74, 6) is 0. The molecule has 0 aliphatic heterocycles. The summed E-state index contributed by atoms with van der Waals surface area (Å²) in [5, 5.41) is 12.0. The number of para-hydroxylation sites is 1. The first-order valence-corrected chi connectivity index (χ1v) is 7.38. The quantitative estimate of drug-likeness (QED) is 0.559. The van der Waals surface area contributed by atoms with Gasteiger partial charge in [-0.1, -0.05) is 48.5 Å². The number of rotatable bonds is 2. The third-order valence-corrected chi connectivity index (χ3v) is 4.05. The summed E-state index contributed by atoms with van der Waals surface area (Å²) in [6, 6.07) is 18.5. The van der Waals surface area contributed by atoms with E-state index >= 15 is 0 Å². The second-order valence-corrected chi connectivity index (χ2v) is 5.44. The van der Waals surface area contributed by atoms with E-state index in [4.69, 9.17) is 0 Å². The van der Waals surface area contributed by atoms with E-state index in [1.54, 1.807) is 12.3 Å². The van der Waals surface area contributed by atoms with Crippen molar-refractivity contribution in [3.05, 3.63) is 88.3 Å². The number of aliphatic hydroxyl groups excluding tert-OH is 1. The highest BCUT2D eigenvalue weighted by atomic mass is 16.3. The molecule has 4 aromatic rings. The average molecular weight is 302 g/mol. The number of hydrogen-bond donors (Lipinski definition) is 2. The van der Waals surface area contributed by atoms with Gasteiger partial charge in [-0.25, -0.2) is 0 Å². The van der Waals surface area contributed by atoms with Gasteiger partial charge >= 0.3 is 0 Å². The molecular formula is C19H14N2O2. The van der Waals surface area contributed by atoms with Crippen molar-refractivity contribution in [2.75, 3.05) is 0 Å². The number of nitrogens with one attached hydrogen (secondary N) is 1. The summed E-state index contributed by atoms with van der Waals surface area (Å²) in [5.41, 5.74) is 2.42. The summed E-state index contributed by atoms with van der Waals surface area (Å²) < 4.78 is 0. The van der Waals surface area contributed by atoms with Crippen LogP contribution in [0, 0.1) is 0 Å². The van der Waals surface area contributed by atoms with Crippen molar-refractivity contribution in [1.29, 1.82) is 0 Å². The molecule has 2 aromatic carbocycles. The lowest BCUT2D eigenvalue weighted by Gasteiger charge is -2.14. The van der Waals surface area contributed by atoms with Gasteiger partial charge in [0.25, 0.3) is 5.56 Å². The van der Waals surface area contributed by atoms with Gasteiger partial charge < -0.3 is 10.1 Å². The van der Waals surface area contributed by atoms with E-state index in [9.17, 15) is 9.90 Å². The number of aromatic nitrogens is 2. The smallest absolute Gasteiger partial charge is 0.258 e. The lowest BCUT2D eigenvalue weighted by molar-refractivity contribution is 0.222. The van der Waals surface area contributed by atoms with Crippen LogP contribution in [0.4, 0.5) is 0 Å². The van der Waals surface area contributed by atoms with Gasteiger partial charge in [0.05, 0.1) is 16.4 Å². The molecule has 2 aromatic heterocycles. The predicted octanol–water partition coefficient (Wildman–Crippen LogP) is 3.16. The number of fused-ring (bicyclic) bond motifs is 3. The molecule has 1 atom stereocenters. The molecule has 2 heterocycles. The summed E-state index contributed by atoms with van der Waals surface area (Å²) in [6.45, 7) is 0. The van der Waals surface area contributed by atoms with E-state index in [-0.39, 0.29) is 5.56 Å². The predicted molar refractivity (Wildman–Crippen MR) is 90.4 cm³/mol. The Hall–Kier alpha value is -2.98. The fourth-order valence-corrected chi connectivity index (χ4v) is 2.95. The molecule has 4 heteroatoms. The first-order valence-electron chi connectivity index (χ1n) is 7.38. The highest BCUT2D eigenvalue weighted by molar-refractivity contribution is 6.03. The molecule has 0 bridgehead atoms. The normalized spacial score (nSPS) is 12.6. The Balaban J connectivity index is 2.05. The van der Waals surface area contributed by atoms with Gasteiger partial charge in [-0.15, -0.1) is 0 Å². The van der Waals surface area contributed by atoms with Crippen LogP contribution in [0.25, 0.3) is 21.8 Å². The van der Waals surface area contributed by atoms with Crippen molar-refractivity contribution >= 4 is 21.8 Å². The largest absolute Gasteiger partial charge is 0.384 e. The monoisotopic (exact) mass is 302 g/mol. The van der Waals surface area contributed by atoms with Crippen LogP contribution in [-0.2, 0) is 0 Å². The van der Waals surface area contributed by atoms with E-state index in [0.29, 0.717) is 16.5 Å². The summed E-state index contributed by atoms with van der Waals surface area (Å²) >= 11 is 0. The van der Waals surface area contributed by atoms with Crippen molar-refractivity contribution < 1.29 is 5.11 Å². The van der Waals surface area contributed by atoms with Gasteiger partial charge in [0.1, 0.15) is 6.10 Å². The van der Waals surface area contributed by atoms with Crippen LogP contribution in [0.1, 0.15) is 17.2 Å². The lowest BCUT2D eigenvalue weighted by Crippen LogP contribution is -2.12. The Morgan fingerprint density at radius 1 is 0.957 bits per heavy atom. The number of H-pyrrole nitrogens is 1. The molecule has 0 aliphatic rings. The average Bonchev–Trinajstić information content (AvgIpc) is 2.61. The third kappa shape index (κ3) is 2.20. The number of aromatic amines is 1. The van der Waals surface area contributed by atoms with Crippen LogP contribution >= 0.6 is 0 Å². The van der Waals surface area contributed by atoms with Crippen molar-refractivity contribution in [3.8, 4) is 0 Å². The maximum absolute atomic E-state index is 12.5. The molecule has 0 saturated carbocycles. The molecule has 23 heavy (non-hydrogen) atoms. The SMILES string of the molecule is O=c1[nH]c2ccccc2c2nccc(C(O)c3ccccc3)c12. The van der Waals surface area contributed by atoms with Gasteiger partial charge in [0.15, 0.2) is 0 Å². The van der Waals surface area contributed by atoms with Crippen molar-refractivity contribution in [1.82, 2.24) is 9.97 Å². The zero-order chi connectivity index (χ0) is 15.8. The zero-order valence-corrected chi connectivity index (χ0v) is 12.2. The summed E-state index contributed by atoms with van der Waals surface area (Å²) in [7, 11) is 0. The first-order chi connectivity index (χ1) is 11.3. The Morgan fingerprint density at radius 3 is 2.52 bits per heavy atom. The second-order valence-electron chi connectivity index (χ2n) is 5.44. The van der Waals surface area contributed by atoms with Crippen molar-refractivity contribution in [3.63, 3.8) is 0 Å². The fraction of sp³-hybridized carbons (Fsp3) is 0.0526. The second kappa shape index (κ2) is 5.34. The number of hydrogen-bond acceptors (Lipinski definition) is 3. The van der Waals surface area contributed by atoms with Gasteiger partial charge in [-0.3, -0.25) is 9.78 Å². The number of benzene rings is 2. The fourth-order valence-electron chi connectivity index (χ4n) is 2.95. The molecule has 0 spiro atoms. The summed E-state index contributed by atoms with van der Waals surface area (Å²) in [6.07, 6.45) is 0.763. The van der Waals surface area contributed by atoms with Gasteiger partial charge in [-0.2, -0.15) is 0 Å². The Bertz CT molecular complexity index is 1060. The highest BCUT2D eigenvalue weighted by Gasteiger charge is 2.17. The molecule has 2 N–H and O–H groups in total. The van der Waals surface area contributed by atoms with Crippen LogP contribution in [0.3, 0.4) is 0 Å².